The Bertz CT molecular complexity index is 448. The second-order valence-electron chi connectivity index (χ2n) is 7.09. The molecule has 0 heterocycles. The summed E-state index contributed by atoms with van der Waals surface area (Å²) < 4.78 is 0. The minimum absolute atomic E-state index is 0.0544. The predicted octanol–water partition coefficient (Wildman–Crippen LogP) is 4.34. The van der Waals surface area contributed by atoms with Gasteiger partial charge in [0.15, 0.2) is 0 Å². The zero-order chi connectivity index (χ0) is 14.3. The molecular weight excluding hydrogens is 222 g/mol. The average Bonchev–Trinajstić information content (AvgIpc) is 2.16. The van der Waals surface area contributed by atoms with E-state index in [0.29, 0.717) is 5.75 Å². The number of hydrogen-bond acceptors (Lipinski definition) is 2. The molecule has 2 N–H and O–H groups in total. The van der Waals surface area contributed by atoms with Crippen LogP contribution in [0.15, 0.2) is 6.07 Å². The Balaban J connectivity index is 3.71. The van der Waals surface area contributed by atoms with Crippen molar-refractivity contribution in [2.75, 3.05) is 12.4 Å². The lowest BCUT2D eigenvalue weighted by Crippen LogP contribution is -2.19. The van der Waals surface area contributed by atoms with Gasteiger partial charge in [0.05, 0.1) is 0 Å². The van der Waals surface area contributed by atoms with Gasteiger partial charge in [-0.25, -0.2) is 0 Å². The predicted molar refractivity (Wildman–Crippen MR) is 79.8 cm³/mol. The molecule has 1 rings (SSSR count). The molecule has 0 saturated carbocycles. The molecule has 0 atom stereocenters. The number of anilines is 1. The van der Waals surface area contributed by atoms with Crippen molar-refractivity contribution in [3.05, 3.63) is 22.8 Å². The SMILES string of the molecule is CNc1c(C)cc(C(C)(C)C)c(O)c1C(C)(C)C. The minimum Gasteiger partial charge on any atom is -0.507 e. The maximum Gasteiger partial charge on any atom is 0.125 e. The van der Waals surface area contributed by atoms with Crippen LogP contribution in [-0.4, -0.2) is 12.2 Å². The Morgan fingerprint density at radius 3 is 1.83 bits per heavy atom. The summed E-state index contributed by atoms with van der Waals surface area (Å²) in [5, 5.41) is 13.9. The minimum atomic E-state index is -0.0888. The van der Waals surface area contributed by atoms with Crippen molar-refractivity contribution < 1.29 is 5.11 Å². The van der Waals surface area contributed by atoms with E-state index in [1.807, 2.05) is 7.05 Å². The summed E-state index contributed by atoms with van der Waals surface area (Å²) in [5.74, 6) is 0.435. The van der Waals surface area contributed by atoms with Gasteiger partial charge in [0.2, 0.25) is 0 Å². The summed E-state index contributed by atoms with van der Waals surface area (Å²) in [6, 6.07) is 2.09. The van der Waals surface area contributed by atoms with Gasteiger partial charge in [-0.05, 0) is 34.9 Å². The van der Waals surface area contributed by atoms with E-state index in [9.17, 15) is 5.11 Å². The van der Waals surface area contributed by atoms with Crippen molar-refractivity contribution in [1.82, 2.24) is 0 Å². The Hall–Kier alpha value is -1.18. The van der Waals surface area contributed by atoms with Gasteiger partial charge in [-0.15, -0.1) is 0 Å². The van der Waals surface area contributed by atoms with Crippen LogP contribution in [0.5, 0.6) is 5.75 Å². The summed E-state index contributed by atoms with van der Waals surface area (Å²) in [4.78, 5) is 0. The van der Waals surface area contributed by atoms with Crippen LogP contribution >= 0.6 is 0 Å². The molecule has 0 saturated heterocycles. The van der Waals surface area contributed by atoms with Crippen molar-refractivity contribution >= 4 is 5.69 Å². The Morgan fingerprint density at radius 2 is 1.50 bits per heavy atom. The second kappa shape index (κ2) is 4.49. The van der Waals surface area contributed by atoms with Gasteiger partial charge in [-0.3, -0.25) is 0 Å². The highest BCUT2D eigenvalue weighted by molar-refractivity contribution is 5.67. The highest BCUT2D eigenvalue weighted by atomic mass is 16.3. The fraction of sp³-hybridized carbons (Fsp3) is 0.625. The first kappa shape index (κ1) is 14.9. The third kappa shape index (κ3) is 2.63. The fourth-order valence-electron chi connectivity index (χ4n) is 2.43. The zero-order valence-corrected chi connectivity index (χ0v) is 13.0. The molecule has 0 amide bonds. The lowest BCUT2D eigenvalue weighted by molar-refractivity contribution is 0.424. The monoisotopic (exact) mass is 249 g/mol. The molecule has 0 unspecified atom stereocenters. The molecule has 0 fully saturated rings. The maximum absolute atomic E-state index is 10.7. The van der Waals surface area contributed by atoms with E-state index in [0.717, 1.165) is 16.8 Å². The number of phenols is 1. The molecule has 0 aliphatic rings. The Kier molecular flexibility index (Phi) is 3.71. The number of benzene rings is 1. The van der Waals surface area contributed by atoms with E-state index in [4.69, 9.17) is 0 Å². The van der Waals surface area contributed by atoms with E-state index >= 15 is 0 Å². The lowest BCUT2D eigenvalue weighted by atomic mass is 9.77. The number of aryl methyl sites for hydroxylation is 1. The van der Waals surface area contributed by atoms with E-state index in [-0.39, 0.29) is 10.8 Å². The summed E-state index contributed by atoms with van der Waals surface area (Å²) in [6.45, 7) is 14.9. The molecule has 0 aromatic heterocycles. The highest BCUT2D eigenvalue weighted by Gasteiger charge is 2.29. The van der Waals surface area contributed by atoms with Crippen molar-refractivity contribution in [2.24, 2.45) is 0 Å². The van der Waals surface area contributed by atoms with Gasteiger partial charge < -0.3 is 10.4 Å². The van der Waals surface area contributed by atoms with E-state index < -0.39 is 0 Å². The number of aromatic hydroxyl groups is 1. The van der Waals surface area contributed by atoms with Crippen molar-refractivity contribution in [3.8, 4) is 5.75 Å². The van der Waals surface area contributed by atoms with Gasteiger partial charge in [0, 0.05) is 18.3 Å². The standard InChI is InChI=1S/C16H27NO/c1-10-9-11(15(2,3)4)14(18)12(13(10)17-8)16(5,6)7/h9,17-18H,1-8H3. The first-order chi connectivity index (χ1) is 8.00. The van der Waals surface area contributed by atoms with E-state index in [2.05, 4.69) is 59.8 Å². The van der Waals surface area contributed by atoms with E-state index in [1.54, 1.807) is 0 Å². The van der Waals surface area contributed by atoms with Crippen LogP contribution in [-0.2, 0) is 10.8 Å². The van der Waals surface area contributed by atoms with Crippen LogP contribution in [0.1, 0.15) is 58.2 Å². The number of rotatable bonds is 1. The quantitative estimate of drug-likeness (QED) is 0.776. The molecule has 2 nitrogen and oxygen atoms in total. The third-order valence-corrected chi connectivity index (χ3v) is 3.31. The number of nitrogens with one attached hydrogen (secondary N) is 1. The second-order valence-corrected chi connectivity index (χ2v) is 7.09. The first-order valence-electron chi connectivity index (χ1n) is 6.55. The first-order valence-corrected chi connectivity index (χ1v) is 6.55. The van der Waals surface area contributed by atoms with Crippen molar-refractivity contribution in [2.45, 2.75) is 59.3 Å². The molecule has 0 aliphatic heterocycles. The van der Waals surface area contributed by atoms with Gasteiger partial charge in [-0.1, -0.05) is 41.5 Å². The molecular formula is C16H27NO. The van der Waals surface area contributed by atoms with Crippen LogP contribution in [0.4, 0.5) is 5.69 Å². The Labute approximate surface area is 111 Å². The molecule has 102 valence electrons. The highest BCUT2D eigenvalue weighted by Crippen LogP contribution is 2.44. The van der Waals surface area contributed by atoms with Gasteiger partial charge in [-0.2, -0.15) is 0 Å². The van der Waals surface area contributed by atoms with Gasteiger partial charge >= 0.3 is 0 Å². The fourth-order valence-corrected chi connectivity index (χ4v) is 2.43. The number of phenolic OH excluding ortho intramolecular Hbond substituents is 1. The summed E-state index contributed by atoms with van der Waals surface area (Å²) in [6.07, 6.45) is 0. The molecule has 2 heteroatoms. The Morgan fingerprint density at radius 1 is 1.00 bits per heavy atom. The molecule has 0 spiro atoms. The summed E-state index contributed by atoms with van der Waals surface area (Å²) in [7, 11) is 1.91. The van der Waals surface area contributed by atoms with Crippen LogP contribution in [0.3, 0.4) is 0 Å². The molecule has 18 heavy (non-hydrogen) atoms. The number of hydrogen-bond donors (Lipinski definition) is 2. The normalized spacial score (nSPS) is 12.7. The van der Waals surface area contributed by atoms with Crippen LogP contribution in [0.25, 0.3) is 0 Å². The van der Waals surface area contributed by atoms with Gasteiger partial charge in [0.1, 0.15) is 5.75 Å². The van der Waals surface area contributed by atoms with Crippen LogP contribution in [0, 0.1) is 6.92 Å². The van der Waals surface area contributed by atoms with Crippen molar-refractivity contribution in [3.63, 3.8) is 0 Å². The van der Waals surface area contributed by atoms with Gasteiger partial charge in [0.25, 0.3) is 0 Å². The largest absolute Gasteiger partial charge is 0.507 e. The maximum atomic E-state index is 10.7. The molecule has 0 aliphatic carbocycles. The topological polar surface area (TPSA) is 32.3 Å². The smallest absolute Gasteiger partial charge is 0.125 e. The third-order valence-electron chi connectivity index (χ3n) is 3.31. The average molecular weight is 249 g/mol. The molecule has 1 aromatic carbocycles. The summed E-state index contributed by atoms with van der Waals surface area (Å²) in [5.41, 5.74) is 4.12. The summed E-state index contributed by atoms with van der Waals surface area (Å²) >= 11 is 0. The molecule has 1 aromatic rings. The van der Waals surface area contributed by atoms with Crippen LogP contribution in [0.2, 0.25) is 0 Å². The van der Waals surface area contributed by atoms with Crippen molar-refractivity contribution in [1.29, 1.82) is 0 Å². The zero-order valence-electron chi connectivity index (χ0n) is 13.0. The molecule has 0 radical (unpaired) electrons. The molecule has 0 bridgehead atoms. The lowest BCUT2D eigenvalue weighted by Gasteiger charge is -2.30. The van der Waals surface area contributed by atoms with Crippen LogP contribution < -0.4 is 5.32 Å². The van der Waals surface area contributed by atoms with E-state index in [1.165, 1.54) is 5.56 Å².